The molecular formula is C46H47N5O5. The molecule has 10 heteroatoms. The van der Waals surface area contributed by atoms with Crippen LogP contribution in [0.5, 0.6) is 5.75 Å². The lowest BCUT2D eigenvalue weighted by atomic mass is 9.97. The predicted molar refractivity (Wildman–Crippen MR) is 215 cm³/mol. The number of methoxy groups -OCH3 is 1. The van der Waals surface area contributed by atoms with Crippen LogP contribution in [0.15, 0.2) is 85.1 Å². The third-order valence-electron chi connectivity index (χ3n) is 12.9. The monoisotopic (exact) mass is 749 g/mol. The summed E-state index contributed by atoms with van der Waals surface area (Å²) in [5.41, 5.74) is 9.84. The van der Waals surface area contributed by atoms with Crippen molar-refractivity contribution in [3.63, 3.8) is 0 Å². The van der Waals surface area contributed by atoms with Gasteiger partial charge in [0.25, 0.3) is 5.91 Å². The van der Waals surface area contributed by atoms with Gasteiger partial charge in [0.15, 0.2) is 0 Å². The fourth-order valence-electron chi connectivity index (χ4n) is 9.78. The lowest BCUT2D eigenvalue weighted by molar-refractivity contribution is 0.0694. The van der Waals surface area contributed by atoms with E-state index in [1.165, 1.54) is 35.1 Å². The van der Waals surface area contributed by atoms with Crippen molar-refractivity contribution in [1.82, 2.24) is 24.4 Å². The quantitative estimate of drug-likeness (QED) is 0.155. The van der Waals surface area contributed by atoms with Gasteiger partial charge in [0, 0.05) is 41.7 Å². The van der Waals surface area contributed by atoms with E-state index < -0.39 is 11.7 Å². The largest absolute Gasteiger partial charge is 0.494 e. The summed E-state index contributed by atoms with van der Waals surface area (Å²) in [5.74, 6) is 1.23. The van der Waals surface area contributed by atoms with Gasteiger partial charge < -0.3 is 29.4 Å². The summed E-state index contributed by atoms with van der Waals surface area (Å²) in [4.78, 5) is 29.6. The van der Waals surface area contributed by atoms with Gasteiger partial charge in [0.1, 0.15) is 23.6 Å². The number of aromatic nitrogens is 3. The van der Waals surface area contributed by atoms with Crippen LogP contribution in [0, 0.1) is 18.8 Å². The maximum absolute atomic E-state index is 14.3. The molecule has 3 atom stereocenters. The van der Waals surface area contributed by atoms with E-state index in [-0.39, 0.29) is 36.4 Å². The molecule has 56 heavy (non-hydrogen) atoms. The number of nitrogens with one attached hydrogen (secondary N) is 1. The highest BCUT2D eigenvalue weighted by Crippen LogP contribution is 2.45. The van der Waals surface area contributed by atoms with Crippen LogP contribution in [0.2, 0.25) is 0 Å². The second kappa shape index (κ2) is 13.0. The SMILES string of the molecule is COc1cc(C(=O)N2CC3CCC2[C@@H]3NC(=O)OCC2c3ccccc3-c3ccccc32)cn2nc(-c3cc4ccc(C(C)(C)O)cc4n3CC3CC3)c(C)c12. The number of pyridine rings is 1. The van der Waals surface area contributed by atoms with E-state index in [1.807, 2.05) is 61.3 Å². The van der Waals surface area contributed by atoms with Crippen LogP contribution < -0.4 is 10.1 Å². The Balaban J connectivity index is 0.898. The molecule has 3 aliphatic carbocycles. The summed E-state index contributed by atoms with van der Waals surface area (Å²) in [6, 6.07) is 26.5. The number of hydrogen-bond donors (Lipinski definition) is 2. The van der Waals surface area contributed by atoms with E-state index >= 15 is 0 Å². The van der Waals surface area contributed by atoms with Gasteiger partial charge >= 0.3 is 6.09 Å². The molecule has 4 heterocycles. The number of rotatable bonds is 9. The van der Waals surface area contributed by atoms with Crippen molar-refractivity contribution in [2.45, 2.75) is 76.6 Å². The standard InChI is InChI=1S/C46H47N5O5/c1-26-41(39-19-28-15-17-31(46(2,3)54)21-38(28)49(39)22-27-13-14-27)48-51-24-30(20-40(55-4)43(26)51)44(52)50-23-29-16-18-37(50)42(29)47-45(53)56-25-36-34-11-7-5-9-32(34)33-10-6-8-12-35(33)36/h5-12,15,17,19-21,24,27,29,36-37,42,54H,13-14,16,18,22-23,25H2,1-4H3,(H,47,53)/t29?,37?,42-/m1/s1. The molecule has 3 aromatic carbocycles. The summed E-state index contributed by atoms with van der Waals surface area (Å²) in [6.45, 7) is 7.38. The van der Waals surface area contributed by atoms with Gasteiger partial charge in [-0.3, -0.25) is 4.79 Å². The zero-order valence-electron chi connectivity index (χ0n) is 32.3. The molecule has 6 aromatic rings. The zero-order chi connectivity index (χ0) is 38.5. The molecule has 0 radical (unpaired) electrons. The van der Waals surface area contributed by atoms with Gasteiger partial charge in [0.2, 0.25) is 0 Å². The number of fused-ring (bicyclic) bond motifs is 7. The van der Waals surface area contributed by atoms with E-state index in [0.717, 1.165) is 58.3 Å². The Hall–Kier alpha value is -5.61. The van der Waals surface area contributed by atoms with Crippen molar-refractivity contribution in [3.8, 4) is 28.3 Å². The Morgan fingerprint density at radius 1 is 0.946 bits per heavy atom. The average molecular weight is 750 g/mol. The molecule has 286 valence electrons. The molecule has 1 saturated heterocycles. The Bertz CT molecular complexity index is 2510. The molecule has 10 nitrogen and oxygen atoms in total. The lowest BCUT2D eigenvalue weighted by Crippen LogP contribution is -2.45. The molecule has 2 bridgehead atoms. The molecule has 4 aliphatic rings. The normalized spacial score (nSPS) is 20.2. The number of likely N-dealkylation sites (tertiary alicyclic amines) is 1. The first-order chi connectivity index (χ1) is 27.1. The first-order valence-electron chi connectivity index (χ1n) is 19.9. The van der Waals surface area contributed by atoms with E-state index in [1.54, 1.807) is 11.6 Å². The molecular weight excluding hydrogens is 703 g/mol. The van der Waals surface area contributed by atoms with Crippen molar-refractivity contribution in [3.05, 3.63) is 113 Å². The number of ether oxygens (including phenoxy) is 2. The van der Waals surface area contributed by atoms with Crippen LogP contribution in [0.25, 0.3) is 38.9 Å². The van der Waals surface area contributed by atoms with Gasteiger partial charge in [-0.25, -0.2) is 9.31 Å². The number of carbonyl (C=O) groups excluding carboxylic acids is 2. The van der Waals surface area contributed by atoms with Crippen LogP contribution >= 0.6 is 0 Å². The fraction of sp³-hybridized carbons (Fsp3) is 0.370. The number of aliphatic hydroxyl groups is 1. The predicted octanol–water partition coefficient (Wildman–Crippen LogP) is 8.05. The molecule has 2 unspecified atom stereocenters. The summed E-state index contributed by atoms with van der Waals surface area (Å²) in [7, 11) is 1.63. The summed E-state index contributed by atoms with van der Waals surface area (Å²) in [6.07, 6.45) is 5.54. The number of carbonyl (C=O) groups is 2. The van der Waals surface area contributed by atoms with Crippen LogP contribution in [0.1, 0.15) is 78.1 Å². The minimum atomic E-state index is -0.956. The molecule has 10 rings (SSSR count). The Morgan fingerprint density at radius 2 is 1.68 bits per heavy atom. The van der Waals surface area contributed by atoms with E-state index in [2.05, 4.69) is 59.3 Å². The van der Waals surface area contributed by atoms with Crippen LogP contribution in [-0.4, -0.2) is 68.5 Å². The average Bonchev–Trinajstić information content (AvgIpc) is 3.41. The second-order valence-corrected chi connectivity index (χ2v) is 16.8. The molecule has 2 saturated carbocycles. The topological polar surface area (TPSA) is 110 Å². The van der Waals surface area contributed by atoms with Crippen molar-refractivity contribution in [1.29, 1.82) is 0 Å². The highest BCUT2D eigenvalue weighted by molar-refractivity contribution is 5.96. The molecule has 0 spiro atoms. The maximum atomic E-state index is 14.3. The minimum absolute atomic E-state index is 0.0176. The Kier molecular flexibility index (Phi) is 8.08. The molecule has 2 amide bonds. The first kappa shape index (κ1) is 34.8. The van der Waals surface area contributed by atoms with Crippen LogP contribution in [-0.2, 0) is 16.9 Å². The highest BCUT2D eigenvalue weighted by atomic mass is 16.5. The molecule has 2 N–H and O–H groups in total. The van der Waals surface area contributed by atoms with E-state index in [4.69, 9.17) is 14.6 Å². The van der Waals surface area contributed by atoms with Crippen molar-refractivity contribution in [2.75, 3.05) is 20.3 Å². The Morgan fingerprint density at radius 3 is 2.38 bits per heavy atom. The first-order valence-corrected chi connectivity index (χ1v) is 19.9. The van der Waals surface area contributed by atoms with Gasteiger partial charge in [-0.2, -0.15) is 5.10 Å². The third kappa shape index (κ3) is 5.67. The maximum Gasteiger partial charge on any atom is 0.407 e. The van der Waals surface area contributed by atoms with Gasteiger partial charge in [-0.05, 0) is 104 Å². The van der Waals surface area contributed by atoms with Gasteiger partial charge in [0.05, 0.1) is 36.1 Å². The fourth-order valence-corrected chi connectivity index (χ4v) is 9.78. The third-order valence-corrected chi connectivity index (χ3v) is 12.9. The smallest absolute Gasteiger partial charge is 0.407 e. The van der Waals surface area contributed by atoms with Crippen molar-refractivity contribution in [2.24, 2.45) is 11.8 Å². The highest BCUT2D eigenvalue weighted by Gasteiger charge is 2.50. The van der Waals surface area contributed by atoms with Crippen LogP contribution in [0.3, 0.4) is 0 Å². The summed E-state index contributed by atoms with van der Waals surface area (Å²) >= 11 is 0. The number of benzene rings is 3. The number of nitrogens with zero attached hydrogens (tertiary/aromatic N) is 4. The number of piperidine rings is 1. The lowest BCUT2D eigenvalue weighted by Gasteiger charge is -2.28. The minimum Gasteiger partial charge on any atom is -0.494 e. The van der Waals surface area contributed by atoms with Gasteiger partial charge in [-0.1, -0.05) is 60.7 Å². The molecule has 3 fully saturated rings. The van der Waals surface area contributed by atoms with E-state index in [0.29, 0.717) is 23.8 Å². The van der Waals surface area contributed by atoms with E-state index in [9.17, 15) is 14.7 Å². The Labute approximate surface area is 326 Å². The number of amides is 2. The number of hydrogen-bond acceptors (Lipinski definition) is 6. The van der Waals surface area contributed by atoms with Crippen LogP contribution in [0.4, 0.5) is 4.79 Å². The summed E-state index contributed by atoms with van der Waals surface area (Å²) < 4.78 is 16.0. The molecule has 3 aromatic heterocycles. The summed E-state index contributed by atoms with van der Waals surface area (Å²) in [5, 5.41) is 20.2. The van der Waals surface area contributed by atoms with Gasteiger partial charge in [-0.15, -0.1) is 0 Å². The van der Waals surface area contributed by atoms with Crippen molar-refractivity contribution >= 4 is 28.4 Å². The molecule has 1 aliphatic heterocycles. The van der Waals surface area contributed by atoms with Crippen molar-refractivity contribution < 1.29 is 24.2 Å². The zero-order valence-corrected chi connectivity index (χ0v) is 32.3. The number of aryl methyl sites for hydroxylation is 1. The second-order valence-electron chi connectivity index (χ2n) is 16.8. The number of alkyl carbamates (subject to hydrolysis) is 1.